The van der Waals surface area contributed by atoms with Crippen molar-refractivity contribution >= 4 is 22.9 Å². The van der Waals surface area contributed by atoms with Crippen LogP contribution in [0.4, 0.5) is 0 Å². The fourth-order valence-corrected chi connectivity index (χ4v) is 9.37. The maximum atomic E-state index is 14.8. The number of methoxy groups -OCH3 is 1. The Balaban J connectivity index is 1.25. The molecule has 0 unspecified atom stereocenters. The summed E-state index contributed by atoms with van der Waals surface area (Å²) >= 11 is 0. The quantitative estimate of drug-likeness (QED) is 0.0661. The van der Waals surface area contributed by atoms with Gasteiger partial charge in [0.05, 0.1) is 12.2 Å². The highest BCUT2D eigenvalue weighted by Crippen LogP contribution is 2.49. The summed E-state index contributed by atoms with van der Waals surface area (Å²) in [7, 11) is 1.59. The summed E-state index contributed by atoms with van der Waals surface area (Å²) in [5.74, 6) is -0.478. The van der Waals surface area contributed by atoms with Gasteiger partial charge in [-0.05, 0) is 106 Å². The highest BCUT2D eigenvalue weighted by atomic mass is 16.6. The number of hydrogen-bond donors (Lipinski definition) is 0. The zero-order valence-electron chi connectivity index (χ0n) is 35.0. The van der Waals surface area contributed by atoms with Gasteiger partial charge in [0, 0.05) is 48.3 Å². The van der Waals surface area contributed by atoms with Gasteiger partial charge in [-0.25, -0.2) is 9.59 Å². The molecule has 0 fully saturated rings. The van der Waals surface area contributed by atoms with Crippen LogP contribution in [0.1, 0.15) is 104 Å². The molecule has 8 nitrogen and oxygen atoms in total. The first kappa shape index (κ1) is 41.0. The Morgan fingerprint density at radius 3 is 2.30 bits per heavy atom. The molecule has 4 aromatic carbocycles. The third kappa shape index (κ3) is 8.76. The van der Waals surface area contributed by atoms with Crippen molar-refractivity contribution in [2.75, 3.05) is 13.7 Å². The van der Waals surface area contributed by atoms with E-state index in [1.165, 1.54) is 11.1 Å². The monoisotopic (exact) mass is 806 g/mol. The molecule has 0 radical (unpaired) electrons. The van der Waals surface area contributed by atoms with E-state index in [0.29, 0.717) is 66.5 Å². The predicted molar refractivity (Wildman–Crippen MR) is 232 cm³/mol. The van der Waals surface area contributed by atoms with Crippen molar-refractivity contribution in [1.82, 2.24) is 0 Å². The molecular formula is C52H54O8. The Hall–Kier alpha value is -5.73. The summed E-state index contributed by atoms with van der Waals surface area (Å²) in [6, 6.07) is 34.7. The third-order valence-electron chi connectivity index (χ3n) is 12.7. The lowest BCUT2D eigenvalue weighted by atomic mass is 9.72. The molecule has 1 aromatic heterocycles. The maximum Gasteiger partial charge on any atom is 0.339 e. The molecule has 9 rings (SSSR count). The van der Waals surface area contributed by atoms with Crippen LogP contribution in [0.2, 0.25) is 0 Å². The van der Waals surface area contributed by atoms with Crippen LogP contribution in [0.25, 0.3) is 11.0 Å². The van der Waals surface area contributed by atoms with Gasteiger partial charge < -0.3 is 23.4 Å². The van der Waals surface area contributed by atoms with Crippen molar-refractivity contribution in [3.63, 3.8) is 0 Å². The van der Waals surface area contributed by atoms with Crippen molar-refractivity contribution in [1.29, 1.82) is 0 Å². The number of aryl methyl sites for hydroxylation is 2. The van der Waals surface area contributed by atoms with Crippen LogP contribution in [0.3, 0.4) is 0 Å². The number of rotatable bonds is 8. The van der Waals surface area contributed by atoms with Crippen LogP contribution in [0, 0.1) is 5.92 Å². The first-order valence-electron chi connectivity index (χ1n) is 21.3. The smallest absolute Gasteiger partial charge is 0.339 e. The number of hydrogen-bond acceptors (Lipinski definition) is 8. The number of fused-ring (bicyclic) bond motifs is 11. The Labute approximate surface area is 352 Å². The van der Waals surface area contributed by atoms with E-state index in [1.54, 1.807) is 13.2 Å². The van der Waals surface area contributed by atoms with Gasteiger partial charge in [-0.3, -0.25) is 4.79 Å². The van der Waals surface area contributed by atoms with Crippen molar-refractivity contribution in [2.45, 2.75) is 102 Å². The predicted octanol–water partition coefficient (Wildman–Crippen LogP) is 10.5. The molecule has 2 bridgehead atoms. The number of carbonyl (C=O) groups is 2. The molecular weight excluding hydrogens is 753 g/mol. The number of carbonyl (C=O) groups excluding carboxylic acids is 2. The third-order valence-corrected chi connectivity index (χ3v) is 12.7. The summed E-state index contributed by atoms with van der Waals surface area (Å²) in [5, 5.41) is 0.639. The topological polar surface area (TPSA) is 101 Å². The molecule has 5 aromatic rings. The maximum absolute atomic E-state index is 14.8. The fraction of sp³-hybridized carbons (Fsp3) is 0.365. The van der Waals surface area contributed by atoms with Crippen molar-refractivity contribution < 1.29 is 33.0 Å². The summed E-state index contributed by atoms with van der Waals surface area (Å²) in [6.45, 7) is 6.12. The van der Waals surface area contributed by atoms with Gasteiger partial charge >= 0.3 is 17.6 Å². The molecule has 0 saturated carbocycles. The van der Waals surface area contributed by atoms with Crippen LogP contribution >= 0.6 is 0 Å². The molecule has 1 aliphatic carbocycles. The zero-order valence-corrected chi connectivity index (χ0v) is 35.0. The molecule has 4 aliphatic rings. The van der Waals surface area contributed by atoms with E-state index in [2.05, 4.69) is 60.7 Å². The fourth-order valence-electron chi connectivity index (χ4n) is 9.37. The SMILES string of the molecule is COCCc1cc2ccc3c(c2oc1=O)[C@H]1OC(=O)C[C@@H]2C[C@H](c4ccccc4)C=C[C@H]2c2ccc(cc2)CCC(=C(C)C)C(=O)O[C@@H]1[C@](C)(CCCc1ccccc1)O3. The average molecular weight is 807 g/mol. The van der Waals surface area contributed by atoms with E-state index >= 15 is 0 Å². The zero-order chi connectivity index (χ0) is 41.8. The van der Waals surface area contributed by atoms with E-state index < -0.39 is 35.4 Å². The highest BCUT2D eigenvalue weighted by Gasteiger charge is 2.53. The molecule has 310 valence electrons. The molecule has 0 N–H and O–H groups in total. The number of ether oxygens (including phenoxy) is 4. The minimum atomic E-state index is -1.14. The normalized spacial score (nSPS) is 24.1. The van der Waals surface area contributed by atoms with E-state index in [9.17, 15) is 14.4 Å². The Bertz CT molecular complexity index is 2440. The summed E-state index contributed by atoms with van der Waals surface area (Å²) < 4.78 is 31.7. The number of esters is 2. The van der Waals surface area contributed by atoms with E-state index in [1.807, 2.05) is 69.3 Å². The molecule has 3 aliphatic heterocycles. The standard InChI is InChI=1S/C52H54O8/c1-33(2)42-24-19-35-17-20-37(21-18-35)43-25-22-38(36-15-9-6-10-16-36)30-41(43)32-45(53)57-48-46-44(26-23-39-31-40(27-29-56-4)50(54)58-47(39)46)60-52(3,49(48)59-51(42)55)28-11-14-34-12-7-5-8-13-34/h5-10,12-13,15-18,20-23,25-26,31,38,41,43,48-49H,11,14,19,24,27-30,32H2,1-4H3/t38-,41+,43+,48-,49+,52+/m1/s1. The highest BCUT2D eigenvalue weighted by molar-refractivity contribution is 5.90. The second-order valence-corrected chi connectivity index (χ2v) is 17.0. The number of allylic oxidation sites excluding steroid dienone is 3. The lowest BCUT2D eigenvalue weighted by Crippen LogP contribution is -2.54. The van der Waals surface area contributed by atoms with Crippen LogP contribution in [0.5, 0.6) is 5.75 Å². The Kier molecular flexibility index (Phi) is 12.2. The number of benzene rings is 4. The molecule has 4 heterocycles. The first-order chi connectivity index (χ1) is 29.1. The lowest BCUT2D eigenvalue weighted by Gasteiger charge is -2.45. The molecule has 6 atom stereocenters. The van der Waals surface area contributed by atoms with Crippen LogP contribution < -0.4 is 10.4 Å². The second kappa shape index (κ2) is 17.9. The first-order valence-corrected chi connectivity index (χ1v) is 21.3. The van der Waals surface area contributed by atoms with Gasteiger partial charge in [-0.2, -0.15) is 0 Å². The van der Waals surface area contributed by atoms with E-state index in [4.69, 9.17) is 23.4 Å². The largest absolute Gasteiger partial charge is 0.483 e. The molecule has 60 heavy (non-hydrogen) atoms. The van der Waals surface area contributed by atoms with Gasteiger partial charge in [0.15, 0.2) is 12.2 Å². The summed E-state index contributed by atoms with van der Waals surface area (Å²) in [5.41, 5.74) is 5.46. The summed E-state index contributed by atoms with van der Waals surface area (Å²) in [4.78, 5) is 42.9. The van der Waals surface area contributed by atoms with Crippen LogP contribution in [-0.2, 0) is 43.1 Å². The van der Waals surface area contributed by atoms with Gasteiger partial charge in [0.2, 0.25) is 0 Å². The lowest BCUT2D eigenvalue weighted by molar-refractivity contribution is -0.192. The van der Waals surface area contributed by atoms with Crippen molar-refractivity contribution in [3.05, 3.63) is 170 Å². The molecule has 0 amide bonds. The average Bonchev–Trinajstić information content (AvgIpc) is 3.24. The molecule has 8 heteroatoms. The van der Waals surface area contributed by atoms with E-state index in [-0.39, 0.29) is 29.8 Å². The minimum absolute atomic E-state index is 0.0176. The van der Waals surface area contributed by atoms with Crippen LogP contribution in [0.15, 0.2) is 136 Å². The summed E-state index contributed by atoms with van der Waals surface area (Å²) in [6.07, 6.45) is 6.60. The Morgan fingerprint density at radius 1 is 0.817 bits per heavy atom. The van der Waals surface area contributed by atoms with E-state index in [0.717, 1.165) is 29.5 Å². The minimum Gasteiger partial charge on any atom is -0.483 e. The van der Waals surface area contributed by atoms with Gasteiger partial charge in [0.25, 0.3) is 0 Å². The van der Waals surface area contributed by atoms with Crippen molar-refractivity contribution in [3.8, 4) is 5.75 Å². The van der Waals surface area contributed by atoms with Gasteiger partial charge in [0.1, 0.15) is 16.9 Å². The van der Waals surface area contributed by atoms with Crippen molar-refractivity contribution in [2.24, 2.45) is 5.92 Å². The molecule has 0 saturated heterocycles. The second-order valence-electron chi connectivity index (χ2n) is 17.0. The molecule has 0 spiro atoms. The van der Waals surface area contributed by atoms with Crippen LogP contribution in [-0.4, -0.2) is 37.4 Å². The Morgan fingerprint density at radius 2 is 1.57 bits per heavy atom. The van der Waals surface area contributed by atoms with Gasteiger partial charge in [-0.15, -0.1) is 0 Å². The van der Waals surface area contributed by atoms with Gasteiger partial charge in [-0.1, -0.05) is 103 Å².